The first-order chi connectivity index (χ1) is 16.7. The molecule has 3 aliphatic heterocycles. The third-order valence-electron chi connectivity index (χ3n) is 8.34. The van der Waals surface area contributed by atoms with E-state index in [9.17, 15) is 14.4 Å². The second-order valence-electron chi connectivity index (χ2n) is 10.5. The highest BCUT2D eigenvalue weighted by Crippen LogP contribution is 2.46. The van der Waals surface area contributed by atoms with Crippen molar-refractivity contribution in [2.24, 2.45) is 29.4 Å². The molecule has 35 heavy (non-hydrogen) atoms. The van der Waals surface area contributed by atoms with Crippen LogP contribution in [0.1, 0.15) is 44.6 Å². The zero-order valence-corrected chi connectivity index (χ0v) is 20.8. The summed E-state index contributed by atoms with van der Waals surface area (Å²) in [7, 11) is 1.68. The SMILES string of the molecule is CC(=O)N1CCC2C(CC[C@H]3C2CCN[C@H]3N)C1.CN1Cc2ccccc2NC(CC(=O)O)C1=O. The summed E-state index contributed by atoms with van der Waals surface area (Å²) in [4.78, 5) is 37.8. The maximum Gasteiger partial charge on any atom is 0.305 e. The lowest BCUT2D eigenvalue weighted by Gasteiger charge is -2.51. The van der Waals surface area contributed by atoms with Crippen LogP contribution < -0.4 is 16.4 Å². The predicted molar refractivity (Wildman–Crippen MR) is 133 cm³/mol. The van der Waals surface area contributed by atoms with Gasteiger partial charge in [-0.05, 0) is 67.5 Å². The molecule has 6 atom stereocenters. The molecule has 2 amide bonds. The Kier molecular flexibility index (Phi) is 7.96. The van der Waals surface area contributed by atoms with Crippen molar-refractivity contribution in [3.05, 3.63) is 29.8 Å². The van der Waals surface area contributed by atoms with Gasteiger partial charge in [-0.1, -0.05) is 18.2 Å². The zero-order valence-electron chi connectivity index (χ0n) is 20.8. The number of hydrogen-bond donors (Lipinski definition) is 4. The molecule has 0 radical (unpaired) electrons. The van der Waals surface area contributed by atoms with E-state index in [1.807, 2.05) is 29.2 Å². The van der Waals surface area contributed by atoms with E-state index in [2.05, 4.69) is 10.6 Å². The standard InChI is InChI=1S/C14H25N3O.C12H14N2O3/c1-9(18)17-7-5-11-10(8-17)2-3-13-12(11)4-6-16-14(13)15;1-14-7-8-4-2-3-5-9(8)13-10(12(14)17)6-11(15)16/h10-14,16H,2-8,15H2,1H3;2-5,10,13H,6-7H2,1H3,(H,15,16)/t10?,11?,12?,13-,14+;/m0./s1. The van der Waals surface area contributed by atoms with Crippen LogP contribution in [-0.4, -0.2) is 71.6 Å². The molecule has 4 unspecified atom stereocenters. The Hall–Kier alpha value is -2.65. The smallest absolute Gasteiger partial charge is 0.305 e. The average molecular weight is 486 g/mol. The summed E-state index contributed by atoms with van der Waals surface area (Å²) in [6, 6.07) is 6.85. The van der Waals surface area contributed by atoms with E-state index >= 15 is 0 Å². The Bertz CT molecular complexity index is 940. The molecule has 1 aromatic carbocycles. The van der Waals surface area contributed by atoms with Crippen LogP contribution in [-0.2, 0) is 20.9 Å². The molecule has 1 saturated carbocycles. The van der Waals surface area contributed by atoms with Crippen LogP contribution in [0.2, 0.25) is 0 Å². The molecular formula is C26H39N5O4. The summed E-state index contributed by atoms with van der Waals surface area (Å²) in [6.07, 6.45) is 4.96. The monoisotopic (exact) mass is 485 g/mol. The van der Waals surface area contributed by atoms with Gasteiger partial charge in [-0.15, -0.1) is 0 Å². The topological polar surface area (TPSA) is 128 Å². The van der Waals surface area contributed by atoms with Crippen LogP contribution >= 0.6 is 0 Å². The van der Waals surface area contributed by atoms with Crippen molar-refractivity contribution in [2.45, 2.75) is 57.8 Å². The minimum absolute atomic E-state index is 0.191. The molecule has 5 N–H and O–H groups in total. The summed E-state index contributed by atoms with van der Waals surface area (Å²) < 4.78 is 0. The Balaban J connectivity index is 0.000000165. The first kappa shape index (κ1) is 25.4. The Labute approximate surface area is 207 Å². The van der Waals surface area contributed by atoms with E-state index in [0.29, 0.717) is 12.5 Å². The molecule has 9 heteroatoms. The molecule has 1 aromatic rings. The number of fused-ring (bicyclic) bond motifs is 4. The maximum absolute atomic E-state index is 11.9. The number of benzene rings is 1. The number of nitrogens with zero attached hydrogens (tertiary/aromatic N) is 2. The van der Waals surface area contributed by atoms with Crippen molar-refractivity contribution in [2.75, 3.05) is 32.0 Å². The third kappa shape index (κ3) is 5.78. The molecule has 2 saturated heterocycles. The molecule has 192 valence electrons. The maximum atomic E-state index is 11.9. The Morgan fingerprint density at radius 2 is 1.89 bits per heavy atom. The summed E-state index contributed by atoms with van der Waals surface area (Å²) in [6.45, 7) is 5.22. The molecule has 0 spiro atoms. The number of nitrogens with two attached hydrogens (primary N) is 1. The lowest BCUT2D eigenvalue weighted by atomic mass is 9.61. The van der Waals surface area contributed by atoms with E-state index in [4.69, 9.17) is 10.8 Å². The Morgan fingerprint density at radius 1 is 1.11 bits per heavy atom. The second kappa shape index (κ2) is 11.0. The minimum Gasteiger partial charge on any atom is -0.481 e. The average Bonchev–Trinajstić information content (AvgIpc) is 2.95. The highest BCUT2D eigenvalue weighted by molar-refractivity contribution is 5.89. The molecule has 0 aromatic heterocycles. The van der Waals surface area contributed by atoms with E-state index in [1.54, 1.807) is 18.9 Å². The van der Waals surface area contributed by atoms with Gasteiger partial charge in [0.1, 0.15) is 6.04 Å². The van der Waals surface area contributed by atoms with Crippen LogP contribution in [0.5, 0.6) is 0 Å². The van der Waals surface area contributed by atoms with Crippen LogP contribution in [0.4, 0.5) is 5.69 Å². The van der Waals surface area contributed by atoms with E-state index in [-0.39, 0.29) is 24.4 Å². The van der Waals surface area contributed by atoms with Gasteiger partial charge in [0.25, 0.3) is 0 Å². The van der Waals surface area contributed by atoms with E-state index in [0.717, 1.165) is 48.6 Å². The number of likely N-dealkylation sites (N-methyl/N-ethyl adjacent to an activating group) is 1. The number of para-hydroxylation sites is 1. The van der Waals surface area contributed by atoms with Crippen LogP contribution in [0.3, 0.4) is 0 Å². The normalized spacial score (nSPS) is 32.0. The highest BCUT2D eigenvalue weighted by Gasteiger charge is 2.45. The minimum atomic E-state index is -0.983. The molecule has 5 rings (SSSR count). The van der Waals surface area contributed by atoms with Crippen molar-refractivity contribution >= 4 is 23.5 Å². The van der Waals surface area contributed by atoms with Crippen molar-refractivity contribution < 1.29 is 19.5 Å². The van der Waals surface area contributed by atoms with Gasteiger partial charge >= 0.3 is 5.97 Å². The lowest BCUT2D eigenvalue weighted by molar-refractivity contribution is -0.141. The van der Waals surface area contributed by atoms with E-state index < -0.39 is 12.0 Å². The van der Waals surface area contributed by atoms with Gasteiger partial charge in [0.2, 0.25) is 11.8 Å². The molecule has 3 fully saturated rings. The van der Waals surface area contributed by atoms with Gasteiger partial charge in [-0.25, -0.2) is 0 Å². The number of amides is 2. The van der Waals surface area contributed by atoms with Gasteiger partial charge in [0.15, 0.2) is 0 Å². The fourth-order valence-corrected chi connectivity index (χ4v) is 6.55. The number of carbonyl (C=O) groups is 3. The van der Waals surface area contributed by atoms with Crippen LogP contribution in [0, 0.1) is 23.7 Å². The van der Waals surface area contributed by atoms with Gasteiger partial charge < -0.3 is 31.3 Å². The fourth-order valence-electron chi connectivity index (χ4n) is 6.55. The molecule has 3 heterocycles. The molecular weight excluding hydrogens is 446 g/mol. The van der Waals surface area contributed by atoms with E-state index in [1.165, 1.54) is 25.7 Å². The van der Waals surface area contributed by atoms with Crippen molar-refractivity contribution in [1.29, 1.82) is 0 Å². The van der Waals surface area contributed by atoms with Crippen molar-refractivity contribution in [1.82, 2.24) is 15.1 Å². The number of carboxylic acids is 1. The predicted octanol–water partition coefficient (Wildman–Crippen LogP) is 1.69. The number of carbonyl (C=O) groups excluding carboxylic acids is 2. The largest absolute Gasteiger partial charge is 0.481 e. The van der Waals surface area contributed by atoms with Crippen molar-refractivity contribution in [3.8, 4) is 0 Å². The first-order valence-electron chi connectivity index (χ1n) is 12.8. The molecule has 1 aliphatic carbocycles. The Morgan fingerprint density at radius 3 is 2.63 bits per heavy atom. The quantitative estimate of drug-likeness (QED) is 0.502. The number of rotatable bonds is 2. The number of carboxylic acid groups (broad SMARTS) is 1. The number of likely N-dealkylation sites (tertiary alicyclic amines) is 1. The molecule has 4 aliphatic rings. The van der Waals surface area contributed by atoms with Gasteiger partial charge in [0, 0.05) is 39.3 Å². The second-order valence-corrected chi connectivity index (χ2v) is 10.5. The number of anilines is 1. The summed E-state index contributed by atoms with van der Waals surface area (Å²) >= 11 is 0. The first-order valence-corrected chi connectivity index (χ1v) is 12.8. The number of piperidine rings is 2. The van der Waals surface area contributed by atoms with Crippen LogP contribution in [0.15, 0.2) is 24.3 Å². The summed E-state index contributed by atoms with van der Waals surface area (Å²) in [5.74, 6) is 2.09. The number of nitrogens with one attached hydrogen (secondary N) is 2. The zero-order chi connectivity index (χ0) is 25.1. The highest BCUT2D eigenvalue weighted by atomic mass is 16.4. The molecule has 9 nitrogen and oxygen atoms in total. The summed E-state index contributed by atoms with van der Waals surface area (Å²) in [5, 5.41) is 15.2. The third-order valence-corrected chi connectivity index (χ3v) is 8.34. The number of aliphatic carboxylic acids is 1. The van der Waals surface area contributed by atoms with Gasteiger partial charge in [-0.3, -0.25) is 14.4 Å². The van der Waals surface area contributed by atoms with Gasteiger partial charge in [-0.2, -0.15) is 0 Å². The van der Waals surface area contributed by atoms with Crippen LogP contribution in [0.25, 0.3) is 0 Å². The van der Waals surface area contributed by atoms with Gasteiger partial charge in [0.05, 0.1) is 12.6 Å². The number of hydrogen-bond acceptors (Lipinski definition) is 6. The van der Waals surface area contributed by atoms with Crippen molar-refractivity contribution in [3.63, 3.8) is 0 Å². The lowest BCUT2D eigenvalue weighted by Crippen LogP contribution is -2.58. The fraction of sp³-hybridized carbons (Fsp3) is 0.654. The molecule has 0 bridgehead atoms. The summed E-state index contributed by atoms with van der Waals surface area (Å²) in [5.41, 5.74) is 8.04.